The number of ether oxygens (including phenoxy) is 3. The summed E-state index contributed by atoms with van der Waals surface area (Å²) in [5, 5.41) is 22.9. The number of nitrogens with zero attached hydrogens (tertiary/aromatic N) is 1. The predicted molar refractivity (Wildman–Crippen MR) is 183 cm³/mol. The Morgan fingerprint density at radius 1 is 0.938 bits per heavy atom. The highest BCUT2D eigenvalue weighted by Gasteiger charge is 2.48. The Morgan fingerprint density at radius 2 is 1.54 bits per heavy atom. The maximum Gasteiger partial charge on any atom is 0.252 e. The first-order valence-corrected chi connectivity index (χ1v) is 16.9. The number of hydrogen-bond donors (Lipinski definition) is 5. The lowest BCUT2D eigenvalue weighted by molar-refractivity contribution is -0.143. The topological polar surface area (TPSA) is 168 Å². The first-order chi connectivity index (χ1) is 22.7. The van der Waals surface area contributed by atoms with E-state index in [9.17, 15) is 24.3 Å². The standard InChI is InChI=1S/C35H59N5O8/c1-11-22(6)29(40(8)35(45)28(21(4)5)39-33(43)27(36-7)20(2)3)24(41)17-26(42)37-19-25-30(46-9)31(47-10)32(48-25)34(44)38-18-23-15-13-12-14-16-23/h12-16,20-22,24-25,27-32,36,41H,11,17-19H2,1-10H3,(H,37,42)(H,38,44)(H,39,43)/t22-,24+,25?,27-,28-,29?,30+,31-,32+/m0/s1. The van der Waals surface area contributed by atoms with Crippen molar-refractivity contribution in [1.29, 1.82) is 0 Å². The van der Waals surface area contributed by atoms with Crippen molar-refractivity contribution in [3.63, 3.8) is 0 Å². The van der Waals surface area contributed by atoms with Gasteiger partial charge in [0.1, 0.15) is 24.4 Å². The molecule has 0 saturated carbocycles. The van der Waals surface area contributed by atoms with E-state index in [2.05, 4.69) is 21.3 Å². The van der Waals surface area contributed by atoms with E-state index in [0.717, 1.165) is 5.56 Å². The molecule has 9 atom stereocenters. The summed E-state index contributed by atoms with van der Waals surface area (Å²) in [6, 6.07) is 7.50. The molecule has 0 bridgehead atoms. The van der Waals surface area contributed by atoms with Crippen molar-refractivity contribution in [2.75, 3.05) is 34.9 Å². The van der Waals surface area contributed by atoms with Crippen LogP contribution in [0.2, 0.25) is 0 Å². The van der Waals surface area contributed by atoms with Gasteiger partial charge in [0.25, 0.3) is 5.91 Å². The number of aliphatic hydroxyl groups excluding tert-OH is 1. The molecule has 1 saturated heterocycles. The van der Waals surface area contributed by atoms with Gasteiger partial charge >= 0.3 is 0 Å². The highest BCUT2D eigenvalue weighted by atomic mass is 16.6. The van der Waals surface area contributed by atoms with Crippen LogP contribution in [-0.4, -0.2) is 117 Å². The number of aliphatic hydroxyl groups is 1. The number of nitrogens with one attached hydrogen (secondary N) is 4. The molecule has 1 aliphatic rings. The molecule has 0 spiro atoms. The second-order valence-corrected chi connectivity index (χ2v) is 13.3. The number of methoxy groups -OCH3 is 2. The molecule has 1 fully saturated rings. The molecule has 0 aromatic heterocycles. The Hall–Kier alpha value is -3.10. The van der Waals surface area contributed by atoms with Crippen molar-refractivity contribution in [1.82, 2.24) is 26.2 Å². The fourth-order valence-electron chi connectivity index (χ4n) is 6.28. The number of carbonyl (C=O) groups excluding carboxylic acids is 4. The molecule has 1 aliphatic heterocycles. The van der Waals surface area contributed by atoms with E-state index in [1.54, 1.807) is 14.1 Å². The summed E-state index contributed by atoms with van der Waals surface area (Å²) in [5.41, 5.74) is 0.935. The maximum atomic E-state index is 13.8. The van der Waals surface area contributed by atoms with Crippen molar-refractivity contribution < 1.29 is 38.5 Å². The zero-order valence-electron chi connectivity index (χ0n) is 30.3. The molecule has 1 aromatic rings. The highest BCUT2D eigenvalue weighted by Crippen LogP contribution is 2.27. The lowest BCUT2D eigenvalue weighted by Gasteiger charge is -2.38. The Labute approximate surface area is 286 Å². The summed E-state index contributed by atoms with van der Waals surface area (Å²) in [4.78, 5) is 54.5. The maximum absolute atomic E-state index is 13.8. The predicted octanol–water partition coefficient (Wildman–Crippen LogP) is 1.23. The highest BCUT2D eigenvalue weighted by molar-refractivity contribution is 5.90. The summed E-state index contributed by atoms with van der Waals surface area (Å²) in [6.07, 6.45) is -3.80. The summed E-state index contributed by atoms with van der Waals surface area (Å²) in [7, 11) is 6.26. The average molecular weight is 678 g/mol. The van der Waals surface area contributed by atoms with E-state index in [-0.39, 0.29) is 48.4 Å². The van der Waals surface area contributed by atoms with Crippen LogP contribution in [0, 0.1) is 17.8 Å². The van der Waals surface area contributed by atoms with Crippen LogP contribution in [0.3, 0.4) is 0 Å². The molecule has 2 rings (SSSR count). The van der Waals surface area contributed by atoms with E-state index in [0.29, 0.717) is 13.0 Å². The number of carbonyl (C=O) groups is 4. The number of rotatable bonds is 19. The minimum atomic E-state index is -1.19. The Morgan fingerprint density at radius 3 is 2.06 bits per heavy atom. The second kappa shape index (κ2) is 19.8. The quantitative estimate of drug-likeness (QED) is 0.145. The summed E-state index contributed by atoms with van der Waals surface area (Å²) < 4.78 is 17.2. The smallest absolute Gasteiger partial charge is 0.252 e. The van der Waals surface area contributed by atoms with Crippen LogP contribution in [0.25, 0.3) is 0 Å². The van der Waals surface area contributed by atoms with Gasteiger partial charge in [-0.2, -0.15) is 0 Å². The van der Waals surface area contributed by atoms with Crippen LogP contribution >= 0.6 is 0 Å². The van der Waals surface area contributed by atoms with E-state index in [4.69, 9.17) is 14.2 Å². The van der Waals surface area contributed by atoms with Gasteiger partial charge in [-0.05, 0) is 30.4 Å². The average Bonchev–Trinajstić information content (AvgIpc) is 3.42. The van der Waals surface area contributed by atoms with Gasteiger partial charge in [-0.15, -0.1) is 0 Å². The van der Waals surface area contributed by atoms with E-state index in [1.807, 2.05) is 71.9 Å². The van der Waals surface area contributed by atoms with Gasteiger partial charge in [-0.25, -0.2) is 0 Å². The molecule has 0 radical (unpaired) electrons. The lowest BCUT2D eigenvalue weighted by atomic mass is 9.90. The summed E-state index contributed by atoms with van der Waals surface area (Å²) in [6.45, 7) is 11.7. The van der Waals surface area contributed by atoms with Gasteiger partial charge in [0, 0.05) is 34.4 Å². The molecule has 13 heteroatoms. The SMILES string of the molecule is CC[C@H](C)C([C@H](O)CC(=O)NCC1O[C@@H](C(=O)NCc2ccccc2)[C@@H](OC)[C@@H]1OC)N(C)C(=O)[C@@H](NC(=O)[C@@H](NC)C(C)C)C(C)C. The van der Waals surface area contributed by atoms with Gasteiger partial charge in [-0.1, -0.05) is 78.3 Å². The number of amides is 4. The molecule has 13 nitrogen and oxygen atoms in total. The fourth-order valence-corrected chi connectivity index (χ4v) is 6.28. The van der Waals surface area contributed by atoms with Crippen molar-refractivity contribution in [2.24, 2.45) is 17.8 Å². The van der Waals surface area contributed by atoms with Gasteiger partial charge in [0.15, 0.2) is 6.10 Å². The van der Waals surface area contributed by atoms with Crippen LogP contribution in [0.4, 0.5) is 0 Å². The first kappa shape index (κ1) is 41.1. The third-order valence-electron chi connectivity index (χ3n) is 9.22. The van der Waals surface area contributed by atoms with Crippen LogP contribution in [-0.2, 0) is 39.9 Å². The van der Waals surface area contributed by atoms with Gasteiger partial charge in [0.05, 0.1) is 24.6 Å². The number of hydrogen-bond acceptors (Lipinski definition) is 9. The Bertz CT molecular complexity index is 1170. The summed E-state index contributed by atoms with van der Waals surface area (Å²) in [5.74, 6) is -1.78. The normalized spacial score (nSPS) is 22.4. The fraction of sp³-hybridized carbons (Fsp3) is 0.714. The number of likely N-dealkylation sites (N-methyl/N-ethyl adjacent to an activating group) is 2. The Balaban J connectivity index is 2.08. The molecule has 1 aromatic carbocycles. The molecule has 272 valence electrons. The van der Waals surface area contributed by atoms with E-state index >= 15 is 0 Å². The van der Waals surface area contributed by atoms with Crippen LogP contribution in [0.5, 0.6) is 0 Å². The minimum Gasteiger partial charge on any atom is -0.390 e. The number of benzene rings is 1. The molecular weight excluding hydrogens is 618 g/mol. The monoisotopic (exact) mass is 677 g/mol. The van der Waals surface area contributed by atoms with E-state index in [1.165, 1.54) is 19.1 Å². The molecule has 1 heterocycles. The van der Waals surface area contributed by atoms with E-state index < -0.39 is 54.6 Å². The zero-order chi connectivity index (χ0) is 36.1. The lowest BCUT2D eigenvalue weighted by Crippen LogP contribution is -2.59. The molecule has 4 amide bonds. The van der Waals surface area contributed by atoms with Crippen molar-refractivity contribution >= 4 is 23.6 Å². The van der Waals surface area contributed by atoms with Crippen LogP contribution in [0.1, 0.15) is 59.9 Å². The molecule has 48 heavy (non-hydrogen) atoms. The van der Waals surface area contributed by atoms with Crippen LogP contribution < -0.4 is 21.3 Å². The van der Waals surface area contributed by atoms with Gasteiger partial charge in [-0.3, -0.25) is 19.2 Å². The van der Waals surface area contributed by atoms with Crippen molar-refractivity contribution in [2.45, 2.75) is 110 Å². The van der Waals surface area contributed by atoms with Gasteiger partial charge < -0.3 is 45.5 Å². The Kier molecular flexibility index (Phi) is 16.9. The first-order valence-electron chi connectivity index (χ1n) is 16.9. The van der Waals surface area contributed by atoms with Gasteiger partial charge in [0.2, 0.25) is 17.7 Å². The molecular formula is C35H59N5O8. The molecule has 0 aliphatic carbocycles. The summed E-state index contributed by atoms with van der Waals surface area (Å²) >= 11 is 0. The minimum absolute atomic E-state index is 0.0130. The third-order valence-corrected chi connectivity index (χ3v) is 9.22. The zero-order valence-corrected chi connectivity index (χ0v) is 30.3. The largest absolute Gasteiger partial charge is 0.390 e. The van der Waals surface area contributed by atoms with Crippen molar-refractivity contribution in [3.05, 3.63) is 35.9 Å². The molecule has 5 N–H and O–H groups in total. The third kappa shape index (κ3) is 11.0. The molecule has 2 unspecified atom stereocenters. The van der Waals surface area contributed by atoms with Crippen molar-refractivity contribution in [3.8, 4) is 0 Å². The second-order valence-electron chi connectivity index (χ2n) is 13.3. The van der Waals surface area contributed by atoms with Crippen LogP contribution in [0.15, 0.2) is 30.3 Å².